The minimum Gasteiger partial charge on any atom is -0.481 e. The average molecular weight is 324 g/mol. The number of para-hydroxylation sites is 1. The Morgan fingerprint density at radius 1 is 1.43 bits per heavy atom. The second kappa shape index (κ2) is 7.42. The first kappa shape index (κ1) is 15.8. The van der Waals surface area contributed by atoms with E-state index in [1.54, 1.807) is 11.3 Å². The fourth-order valence-electron chi connectivity index (χ4n) is 1.82. The van der Waals surface area contributed by atoms with Crippen LogP contribution in [0.4, 0.5) is 0 Å². The number of nitrogens with one attached hydrogen (secondary N) is 1. The molecule has 0 spiro atoms. The van der Waals surface area contributed by atoms with Gasteiger partial charge in [-0.15, -0.1) is 11.3 Å². The van der Waals surface area contributed by atoms with Crippen LogP contribution >= 0.6 is 23.1 Å². The molecule has 1 unspecified atom stereocenters. The van der Waals surface area contributed by atoms with Gasteiger partial charge in [0.15, 0.2) is 4.34 Å². The van der Waals surface area contributed by atoms with Gasteiger partial charge in [0.2, 0.25) is 5.91 Å². The van der Waals surface area contributed by atoms with Crippen LogP contribution in [0.3, 0.4) is 0 Å². The molecule has 5 nitrogen and oxygen atoms in total. The number of benzene rings is 1. The summed E-state index contributed by atoms with van der Waals surface area (Å²) in [6.45, 7) is 1.86. The van der Waals surface area contributed by atoms with E-state index in [2.05, 4.69) is 10.3 Å². The summed E-state index contributed by atoms with van der Waals surface area (Å²) in [5, 5.41) is 11.5. The molecule has 1 aromatic heterocycles. The topological polar surface area (TPSA) is 79.3 Å². The van der Waals surface area contributed by atoms with Gasteiger partial charge >= 0.3 is 5.97 Å². The Morgan fingerprint density at radius 3 is 2.86 bits per heavy atom. The SMILES string of the molecule is CCC(CC(=O)O)NC(=O)CSc1nc2ccccc2s1. The molecule has 0 bridgehead atoms. The molecule has 0 aliphatic heterocycles. The number of carboxylic acids is 1. The van der Waals surface area contributed by atoms with Crippen molar-refractivity contribution in [2.45, 2.75) is 30.1 Å². The summed E-state index contributed by atoms with van der Waals surface area (Å²) in [5.74, 6) is -0.816. The fraction of sp³-hybridized carbons (Fsp3) is 0.357. The van der Waals surface area contributed by atoms with E-state index in [0.717, 1.165) is 14.6 Å². The number of hydrogen-bond donors (Lipinski definition) is 2. The predicted octanol–water partition coefficient (Wildman–Crippen LogP) is 2.76. The standard InChI is InChI=1S/C14H16N2O3S2/c1-2-9(7-13(18)19)15-12(17)8-20-14-16-10-5-3-4-6-11(10)21-14/h3-6,9H,2,7-8H2,1H3,(H,15,17)(H,18,19). The van der Waals surface area contributed by atoms with Gasteiger partial charge in [0.25, 0.3) is 0 Å². The predicted molar refractivity (Wildman–Crippen MR) is 84.8 cm³/mol. The number of thioether (sulfide) groups is 1. The lowest BCUT2D eigenvalue weighted by Crippen LogP contribution is -2.37. The Morgan fingerprint density at radius 2 is 2.19 bits per heavy atom. The molecule has 0 radical (unpaired) electrons. The molecule has 2 aromatic rings. The van der Waals surface area contributed by atoms with Crippen molar-refractivity contribution in [2.75, 3.05) is 5.75 Å². The molecule has 0 aliphatic carbocycles. The number of rotatable bonds is 7. The number of fused-ring (bicyclic) bond motifs is 1. The molecular weight excluding hydrogens is 308 g/mol. The van der Waals surface area contributed by atoms with Crippen molar-refractivity contribution in [2.24, 2.45) is 0 Å². The lowest BCUT2D eigenvalue weighted by atomic mass is 10.1. The minimum atomic E-state index is -0.902. The van der Waals surface area contributed by atoms with E-state index < -0.39 is 5.97 Å². The molecule has 2 rings (SSSR count). The van der Waals surface area contributed by atoms with Crippen LogP contribution in [0.1, 0.15) is 19.8 Å². The fourth-order valence-corrected chi connectivity index (χ4v) is 3.70. The summed E-state index contributed by atoms with van der Waals surface area (Å²) >= 11 is 2.93. The van der Waals surface area contributed by atoms with Gasteiger partial charge in [0, 0.05) is 6.04 Å². The zero-order valence-electron chi connectivity index (χ0n) is 11.5. The van der Waals surface area contributed by atoms with Crippen LogP contribution < -0.4 is 5.32 Å². The normalized spacial score (nSPS) is 12.2. The Kier molecular flexibility index (Phi) is 5.58. The van der Waals surface area contributed by atoms with E-state index >= 15 is 0 Å². The third-order valence-electron chi connectivity index (χ3n) is 2.88. The maximum atomic E-state index is 11.8. The van der Waals surface area contributed by atoms with Crippen LogP contribution in [0.25, 0.3) is 10.2 Å². The molecule has 21 heavy (non-hydrogen) atoms. The maximum Gasteiger partial charge on any atom is 0.305 e. The Balaban J connectivity index is 1.87. The molecule has 2 N–H and O–H groups in total. The van der Waals surface area contributed by atoms with Gasteiger partial charge in [0.05, 0.1) is 22.4 Å². The van der Waals surface area contributed by atoms with Crippen molar-refractivity contribution in [1.82, 2.24) is 10.3 Å². The zero-order valence-corrected chi connectivity index (χ0v) is 13.2. The molecule has 7 heteroatoms. The first-order valence-corrected chi connectivity index (χ1v) is 8.38. The van der Waals surface area contributed by atoms with E-state index in [1.165, 1.54) is 11.8 Å². The zero-order chi connectivity index (χ0) is 15.2. The van der Waals surface area contributed by atoms with Gasteiger partial charge in [-0.05, 0) is 18.6 Å². The Hall–Kier alpha value is -1.60. The van der Waals surface area contributed by atoms with Crippen LogP contribution in [0.15, 0.2) is 28.6 Å². The van der Waals surface area contributed by atoms with Crippen LogP contribution in [0.2, 0.25) is 0 Å². The lowest BCUT2D eigenvalue weighted by molar-refractivity contribution is -0.137. The quantitative estimate of drug-likeness (QED) is 0.766. The number of hydrogen-bond acceptors (Lipinski definition) is 5. The first-order chi connectivity index (χ1) is 10.1. The number of amides is 1. The second-order valence-electron chi connectivity index (χ2n) is 4.51. The highest BCUT2D eigenvalue weighted by Gasteiger charge is 2.14. The van der Waals surface area contributed by atoms with Crippen LogP contribution in [0.5, 0.6) is 0 Å². The number of nitrogens with zero attached hydrogens (tertiary/aromatic N) is 1. The van der Waals surface area contributed by atoms with Crippen molar-refractivity contribution >= 4 is 45.2 Å². The molecule has 1 aromatic carbocycles. The summed E-state index contributed by atoms with van der Waals surface area (Å²) < 4.78 is 1.94. The van der Waals surface area contributed by atoms with Gasteiger partial charge < -0.3 is 10.4 Å². The monoisotopic (exact) mass is 324 g/mol. The van der Waals surface area contributed by atoms with E-state index in [0.29, 0.717) is 6.42 Å². The van der Waals surface area contributed by atoms with Crippen LogP contribution in [-0.4, -0.2) is 33.8 Å². The smallest absolute Gasteiger partial charge is 0.305 e. The van der Waals surface area contributed by atoms with E-state index in [9.17, 15) is 9.59 Å². The van der Waals surface area contributed by atoms with Gasteiger partial charge in [-0.3, -0.25) is 9.59 Å². The van der Waals surface area contributed by atoms with E-state index in [-0.39, 0.29) is 24.1 Å². The molecule has 0 saturated heterocycles. The number of carbonyl (C=O) groups excluding carboxylic acids is 1. The molecule has 1 heterocycles. The van der Waals surface area contributed by atoms with Crippen molar-refractivity contribution in [3.05, 3.63) is 24.3 Å². The molecule has 1 atom stereocenters. The summed E-state index contributed by atoms with van der Waals surface area (Å²) in [7, 11) is 0. The lowest BCUT2D eigenvalue weighted by Gasteiger charge is -2.14. The minimum absolute atomic E-state index is 0.0476. The number of aliphatic carboxylic acids is 1. The number of thiazole rings is 1. The van der Waals surface area contributed by atoms with Crippen molar-refractivity contribution in [3.63, 3.8) is 0 Å². The number of aromatic nitrogens is 1. The van der Waals surface area contributed by atoms with Gasteiger partial charge in [-0.2, -0.15) is 0 Å². The number of carbonyl (C=O) groups is 2. The highest BCUT2D eigenvalue weighted by atomic mass is 32.2. The molecule has 1 amide bonds. The third kappa shape index (κ3) is 4.71. The first-order valence-electron chi connectivity index (χ1n) is 6.58. The maximum absolute atomic E-state index is 11.8. The van der Waals surface area contributed by atoms with Crippen LogP contribution in [0, 0.1) is 0 Å². The highest BCUT2D eigenvalue weighted by molar-refractivity contribution is 8.01. The molecule has 112 valence electrons. The largest absolute Gasteiger partial charge is 0.481 e. The second-order valence-corrected chi connectivity index (χ2v) is 6.76. The molecule has 0 fully saturated rings. The van der Waals surface area contributed by atoms with Crippen molar-refractivity contribution in [3.8, 4) is 0 Å². The summed E-state index contributed by atoms with van der Waals surface area (Å²) in [6, 6.07) is 7.51. The van der Waals surface area contributed by atoms with E-state index in [1.807, 2.05) is 31.2 Å². The van der Waals surface area contributed by atoms with Crippen molar-refractivity contribution in [1.29, 1.82) is 0 Å². The molecule has 0 aliphatic rings. The van der Waals surface area contributed by atoms with Gasteiger partial charge in [-0.25, -0.2) is 4.98 Å². The Labute approximate surface area is 130 Å². The van der Waals surface area contributed by atoms with Gasteiger partial charge in [-0.1, -0.05) is 30.8 Å². The molecular formula is C14H16N2O3S2. The Bertz CT molecular complexity index is 609. The number of carboxylic acid groups (broad SMARTS) is 1. The van der Waals surface area contributed by atoms with Crippen molar-refractivity contribution < 1.29 is 14.7 Å². The molecule has 0 saturated carbocycles. The summed E-state index contributed by atoms with van der Waals surface area (Å²) in [5.41, 5.74) is 0.933. The summed E-state index contributed by atoms with van der Waals surface area (Å²) in [6.07, 6.45) is 0.553. The third-order valence-corrected chi connectivity index (χ3v) is 5.06. The average Bonchev–Trinajstić information content (AvgIpc) is 2.86. The highest BCUT2D eigenvalue weighted by Crippen LogP contribution is 2.29. The summed E-state index contributed by atoms with van der Waals surface area (Å²) in [4.78, 5) is 26.9. The van der Waals surface area contributed by atoms with E-state index in [4.69, 9.17) is 5.11 Å². The van der Waals surface area contributed by atoms with Crippen LogP contribution in [-0.2, 0) is 9.59 Å². The van der Waals surface area contributed by atoms with Gasteiger partial charge in [0.1, 0.15) is 0 Å².